The fourth-order valence-corrected chi connectivity index (χ4v) is 3.59. The lowest BCUT2D eigenvalue weighted by Crippen LogP contribution is -2.35. The van der Waals surface area contributed by atoms with Crippen molar-refractivity contribution in [2.45, 2.75) is 32.2 Å². The number of rotatable bonds is 4. The number of hydrogen-bond donors (Lipinski definition) is 1. The molecular formula is C20H22N4O. The first-order valence-electron chi connectivity index (χ1n) is 8.86. The second-order valence-corrected chi connectivity index (χ2v) is 6.82. The third-order valence-corrected chi connectivity index (χ3v) is 5.04. The number of nitrogens with zero attached hydrogens (tertiary/aromatic N) is 3. The zero-order chi connectivity index (χ0) is 17.2. The van der Waals surface area contributed by atoms with Crippen LogP contribution in [0.4, 0.5) is 5.69 Å². The summed E-state index contributed by atoms with van der Waals surface area (Å²) >= 11 is 0. The Morgan fingerprint density at radius 1 is 1.12 bits per heavy atom. The Labute approximate surface area is 147 Å². The predicted molar refractivity (Wildman–Crippen MR) is 98.6 cm³/mol. The Hall–Kier alpha value is -2.69. The lowest BCUT2D eigenvalue weighted by atomic mass is 9.84. The first-order valence-corrected chi connectivity index (χ1v) is 8.86. The summed E-state index contributed by atoms with van der Waals surface area (Å²) in [6.07, 6.45) is 2.80. The SMILES string of the molecule is Cc1ccc(NC[C@@H]2CCCC(n3nnc4ccccc43)C2=O)cc1. The quantitative estimate of drug-likeness (QED) is 0.789. The van der Waals surface area contributed by atoms with Crippen LogP contribution in [0.3, 0.4) is 0 Å². The summed E-state index contributed by atoms with van der Waals surface area (Å²) in [4.78, 5) is 13.0. The van der Waals surface area contributed by atoms with Crippen molar-refractivity contribution in [2.24, 2.45) is 5.92 Å². The molecular weight excluding hydrogens is 312 g/mol. The summed E-state index contributed by atoms with van der Waals surface area (Å²) in [5, 5.41) is 11.9. The Morgan fingerprint density at radius 2 is 1.92 bits per heavy atom. The Morgan fingerprint density at radius 3 is 2.76 bits per heavy atom. The van der Waals surface area contributed by atoms with Gasteiger partial charge < -0.3 is 5.32 Å². The number of carbonyl (C=O) groups excluding carboxylic acids is 1. The topological polar surface area (TPSA) is 59.8 Å². The van der Waals surface area contributed by atoms with Crippen molar-refractivity contribution in [3.05, 3.63) is 54.1 Å². The number of hydrogen-bond acceptors (Lipinski definition) is 4. The number of nitrogens with one attached hydrogen (secondary N) is 1. The molecule has 1 unspecified atom stereocenters. The van der Waals surface area contributed by atoms with E-state index in [2.05, 4.69) is 46.8 Å². The van der Waals surface area contributed by atoms with Gasteiger partial charge in [-0.15, -0.1) is 5.10 Å². The number of aromatic nitrogens is 3. The minimum atomic E-state index is -0.203. The van der Waals surface area contributed by atoms with Gasteiger partial charge in [-0.1, -0.05) is 41.5 Å². The standard InChI is InChI=1S/C20H22N4O/c1-14-9-11-16(12-10-14)21-13-15-5-4-8-19(20(15)25)24-18-7-3-2-6-17(18)22-23-24/h2-3,6-7,9-12,15,19,21H,4-5,8,13H2,1H3/t15-,19?/m0/s1. The lowest BCUT2D eigenvalue weighted by Gasteiger charge is -2.28. The predicted octanol–water partition coefficient (Wildman–Crippen LogP) is 3.76. The molecule has 1 N–H and O–H groups in total. The maximum atomic E-state index is 13.0. The molecule has 0 radical (unpaired) electrons. The van der Waals surface area contributed by atoms with Crippen molar-refractivity contribution in [1.82, 2.24) is 15.0 Å². The number of fused-ring (bicyclic) bond motifs is 1. The van der Waals surface area contributed by atoms with Crippen LogP contribution in [0, 0.1) is 12.8 Å². The number of anilines is 1. The van der Waals surface area contributed by atoms with Crippen molar-refractivity contribution in [1.29, 1.82) is 0 Å². The highest BCUT2D eigenvalue weighted by Gasteiger charge is 2.33. The first kappa shape index (κ1) is 15.8. The van der Waals surface area contributed by atoms with Gasteiger partial charge in [0, 0.05) is 18.2 Å². The minimum absolute atomic E-state index is 0.0167. The van der Waals surface area contributed by atoms with E-state index in [1.54, 1.807) is 0 Å². The highest BCUT2D eigenvalue weighted by atomic mass is 16.1. The third kappa shape index (κ3) is 3.14. The molecule has 25 heavy (non-hydrogen) atoms. The van der Waals surface area contributed by atoms with Crippen LogP contribution in [0.25, 0.3) is 11.0 Å². The number of Topliss-reactive ketones (excluding diaryl/α,β-unsaturated/α-hetero) is 1. The zero-order valence-corrected chi connectivity index (χ0v) is 14.4. The highest BCUT2D eigenvalue weighted by Crippen LogP contribution is 2.31. The number of carbonyl (C=O) groups is 1. The molecule has 1 heterocycles. The normalized spacial score (nSPS) is 20.8. The zero-order valence-electron chi connectivity index (χ0n) is 14.4. The molecule has 128 valence electrons. The molecule has 2 aromatic carbocycles. The summed E-state index contributed by atoms with van der Waals surface area (Å²) in [6.45, 7) is 2.74. The van der Waals surface area contributed by atoms with Crippen LogP contribution >= 0.6 is 0 Å². The fraction of sp³-hybridized carbons (Fsp3) is 0.350. The van der Waals surface area contributed by atoms with Gasteiger partial charge >= 0.3 is 0 Å². The summed E-state index contributed by atoms with van der Waals surface area (Å²) in [5.41, 5.74) is 4.08. The van der Waals surface area contributed by atoms with Gasteiger partial charge in [-0.3, -0.25) is 4.79 Å². The van der Waals surface area contributed by atoms with Crippen LogP contribution in [0.1, 0.15) is 30.9 Å². The van der Waals surface area contributed by atoms with Gasteiger partial charge in [-0.25, -0.2) is 4.68 Å². The number of ketones is 1. The maximum Gasteiger partial charge on any atom is 0.162 e. The molecule has 0 bridgehead atoms. The van der Waals surface area contributed by atoms with E-state index in [1.807, 2.05) is 28.9 Å². The minimum Gasteiger partial charge on any atom is -0.384 e. The maximum absolute atomic E-state index is 13.0. The van der Waals surface area contributed by atoms with Gasteiger partial charge in [0.05, 0.1) is 5.52 Å². The molecule has 5 nitrogen and oxygen atoms in total. The second kappa shape index (κ2) is 6.67. The summed E-state index contributed by atoms with van der Waals surface area (Å²) in [7, 11) is 0. The molecule has 3 aromatic rings. The lowest BCUT2D eigenvalue weighted by molar-refractivity contribution is -0.128. The average molecular weight is 334 g/mol. The van der Waals surface area contributed by atoms with Crippen molar-refractivity contribution < 1.29 is 4.79 Å². The van der Waals surface area contributed by atoms with E-state index in [0.29, 0.717) is 6.54 Å². The summed E-state index contributed by atoms with van der Waals surface area (Å²) in [6, 6.07) is 15.9. The second-order valence-electron chi connectivity index (χ2n) is 6.82. The fourth-order valence-electron chi connectivity index (χ4n) is 3.59. The highest BCUT2D eigenvalue weighted by molar-refractivity contribution is 5.88. The molecule has 4 rings (SSSR count). The van der Waals surface area contributed by atoms with E-state index in [1.165, 1.54) is 5.56 Å². The summed E-state index contributed by atoms with van der Waals surface area (Å²) in [5.74, 6) is 0.282. The molecule has 0 amide bonds. The van der Waals surface area contributed by atoms with Crippen molar-refractivity contribution in [3.63, 3.8) is 0 Å². The largest absolute Gasteiger partial charge is 0.384 e. The molecule has 1 saturated carbocycles. The van der Waals surface area contributed by atoms with E-state index >= 15 is 0 Å². The van der Waals surface area contributed by atoms with Crippen LogP contribution in [0.15, 0.2) is 48.5 Å². The van der Waals surface area contributed by atoms with E-state index in [-0.39, 0.29) is 17.7 Å². The van der Waals surface area contributed by atoms with Gasteiger partial charge in [-0.2, -0.15) is 0 Å². The van der Waals surface area contributed by atoms with Gasteiger partial charge in [0.15, 0.2) is 5.78 Å². The van der Waals surface area contributed by atoms with Crippen LogP contribution in [0.5, 0.6) is 0 Å². The Balaban J connectivity index is 1.50. The molecule has 0 aliphatic heterocycles. The van der Waals surface area contributed by atoms with Gasteiger partial charge in [0.25, 0.3) is 0 Å². The number of aryl methyl sites for hydroxylation is 1. The smallest absolute Gasteiger partial charge is 0.162 e. The van der Waals surface area contributed by atoms with E-state index < -0.39 is 0 Å². The van der Waals surface area contributed by atoms with Gasteiger partial charge in [0.1, 0.15) is 11.6 Å². The molecule has 0 saturated heterocycles. The Bertz CT molecular complexity index is 884. The van der Waals surface area contributed by atoms with E-state index in [0.717, 1.165) is 36.0 Å². The molecule has 1 fully saturated rings. The molecule has 1 aliphatic rings. The van der Waals surface area contributed by atoms with Gasteiger partial charge in [-0.05, 0) is 44.0 Å². The number of benzene rings is 2. The summed E-state index contributed by atoms with van der Waals surface area (Å²) < 4.78 is 1.82. The van der Waals surface area contributed by atoms with Crippen LogP contribution in [-0.4, -0.2) is 27.3 Å². The molecule has 1 aromatic heterocycles. The van der Waals surface area contributed by atoms with Crippen molar-refractivity contribution in [2.75, 3.05) is 11.9 Å². The third-order valence-electron chi connectivity index (χ3n) is 5.04. The first-order chi connectivity index (χ1) is 12.2. The number of para-hydroxylation sites is 1. The molecule has 2 atom stereocenters. The van der Waals surface area contributed by atoms with Crippen LogP contribution < -0.4 is 5.32 Å². The van der Waals surface area contributed by atoms with Crippen LogP contribution in [0.2, 0.25) is 0 Å². The van der Waals surface area contributed by atoms with Gasteiger partial charge in [0.2, 0.25) is 0 Å². The van der Waals surface area contributed by atoms with E-state index in [4.69, 9.17) is 0 Å². The molecule has 1 aliphatic carbocycles. The monoisotopic (exact) mass is 334 g/mol. The molecule has 0 spiro atoms. The van der Waals surface area contributed by atoms with Crippen LogP contribution in [-0.2, 0) is 4.79 Å². The van der Waals surface area contributed by atoms with Crippen molar-refractivity contribution >= 4 is 22.5 Å². The Kier molecular flexibility index (Phi) is 4.22. The average Bonchev–Trinajstić information content (AvgIpc) is 3.06. The van der Waals surface area contributed by atoms with E-state index in [9.17, 15) is 4.79 Å². The molecule has 5 heteroatoms. The van der Waals surface area contributed by atoms with Crippen molar-refractivity contribution in [3.8, 4) is 0 Å².